The lowest BCUT2D eigenvalue weighted by Gasteiger charge is -2.27. The van der Waals surface area contributed by atoms with Crippen molar-refractivity contribution in [1.29, 1.82) is 0 Å². The maximum Gasteiger partial charge on any atom is 0.231 e. The highest BCUT2D eigenvalue weighted by Gasteiger charge is 2.47. The van der Waals surface area contributed by atoms with Gasteiger partial charge in [-0.15, -0.1) is 0 Å². The summed E-state index contributed by atoms with van der Waals surface area (Å²) < 4.78 is 0. The van der Waals surface area contributed by atoms with E-state index in [-0.39, 0.29) is 42.0 Å². The van der Waals surface area contributed by atoms with E-state index in [1.807, 2.05) is 12.1 Å². The van der Waals surface area contributed by atoms with Gasteiger partial charge in [0.15, 0.2) is 0 Å². The van der Waals surface area contributed by atoms with E-state index < -0.39 is 0 Å². The molecule has 4 unspecified atom stereocenters. The number of H-pyrrole nitrogens is 1. The highest BCUT2D eigenvalue weighted by Crippen LogP contribution is 2.45. The van der Waals surface area contributed by atoms with Crippen LogP contribution >= 0.6 is 0 Å². The van der Waals surface area contributed by atoms with E-state index in [9.17, 15) is 14.4 Å². The number of primary amides is 1. The van der Waals surface area contributed by atoms with Crippen molar-refractivity contribution in [3.05, 3.63) is 54.2 Å². The standard InChI is InChI=1S/C23H23N7O3/c24-20(33)18-13-4-5-14(10-13)19(18)28-22-16-6-7-25-21(16)29-23(30-22)27-15-3-1-2-12(8-15)9-17(32)26-11-31/h1-8,11,13-14,18-19H,9-10H2,(H2,24,33)(H,26,31,32)(H3,25,27,28,29,30). The Morgan fingerprint density at radius 1 is 1.18 bits per heavy atom. The zero-order valence-electron chi connectivity index (χ0n) is 17.6. The van der Waals surface area contributed by atoms with E-state index in [4.69, 9.17) is 5.73 Å². The largest absolute Gasteiger partial charge is 0.369 e. The lowest BCUT2D eigenvalue weighted by Crippen LogP contribution is -2.41. The average Bonchev–Trinajstić information content (AvgIpc) is 3.50. The Morgan fingerprint density at radius 2 is 2.03 bits per heavy atom. The van der Waals surface area contributed by atoms with Crippen molar-refractivity contribution in [2.45, 2.75) is 18.9 Å². The monoisotopic (exact) mass is 445 g/mol. The first-order valence-corrected chi connectivity index (χ1v) is 10.7. The Balaban J connectivity index is 1.41. The van der Waals surface area contributed by atoms with Gasteiger partial charge in [-0.2, -0.15) is 9.97 Å². The molecule has 10 heteroatoms. The van der Waals surface area contributed by atoms with Crippen LogP contribution in [0.5, 0.6) is 0 Å². The molecule has 1 fully saturated rings. The zero-order valence-corrected chi connectivity index (χ0v) is 17.6. The number of nitrogens with zero attached hydrogens (tertiary/aromatic N) is 2. The predicted molar refractivity (Wildman–Crippen MR) is 122 cm³/mol. The molecular formula is C23H23N7O3. The van der Waals surface area contributed by atoms with Gasteiger partial charge in [-0.1, -0.05) is 24.3 Å². The second kappa shape index (κ2) is 8.38. The molecule has 6 N–H and O–H groups in total. The number of nitrogens with two attached hydrogens (primary N) is 1. The van der Waals surface area contributed by atoms with Gasteiger partial charge in [0, 0.05) is 17.9 Å². The van der Waals surface area contributed by atoms with Crippen molar-refractivity contribution in [3.8, 4) is 0 Å². The maximum absolute atomic E-state index is 12.1. The van der Waals surface area contributed by atoms with Gasteiger partial charge in [-0.05, 0) is 42.0 Å². The molecule has 0 spiro atoms. The lowest BCUT2D eigenvalue weighted by atomic mass is 9.88. The molecule has 1 saturated carbocycles. The summed E-state index contributed by atoms with van der Waals surface area (Å²) in [5, 5.41) is 9.58. The van der Waals surface area contributed by atoms with E-state index in [2.05, 4.69) is 43.1 Å². The first kappa shape index (κ1) is 20.7. The van der Waals surface area contributed by atoms with Gasteiger partial charge in [0.2, 0.25) is 24.2 Å². The first-order valence-electron chi connectivity index (χ1n) is 10.7. The van der Waals surface area contributed by atoms with Crippen molar-refractivity contribution in [2.75, 3.05) is 10.6 Å². The quantitative estimate of drug-likeness (QED) is 0.261. The fourth-order valence-corrected chi connectivity index (χ4v) is 4.86. The summed E-state index contributed by atoms with van der Waals surface area (Å²) in [7, 11) is 0. The number of aromatic nitrogens is 3. The van der Waals surface area contributed by atoms with Gasteiger partial charge in [0.25, 0.3) is 0 Å². The number of benzene rings is 1. The Kier molecular flexibility index (Phi) is 5.25. The molecule has 2 aromatic heterocycles. The van der Waals surface area contributed by atoms with E-state index in [1.54, 1.807) is 24.4 Å². The fourth-order valence-electron chi connectivity index (χ4n) is 4.86. The molecule has 2 heterocycles. The van der Waals surface area contributed by atoms with Gasteiger partial charge in [-0.25, -0.2) is 0 Å². The molecule has 3 amide bonds. The Labute approximate surface area is 189 Å². The molecule has 5 rings (SSSR count). The van der Waals surface area contributed by atoms with Crippen LogP contribution in [-0.4, -0.2) is 39.2 Å². The summed E-state index contributed by atoms with van der Waals surface area (Å²) in [6, 6.07) is 8.99. The number of nitrogens with one attached hydrogen (secondary N) is 4. The normalized spacial score (nSPS) is 22.9. The third-order valence-corrected chi connectivity index (χ3v) is 6.27. The summed E-state index contributed by atoms with van der Waals surface area (Å²) >= 11 is 0. The number of rotatable bonds is 8. The zero-order chi connectivity index (χ0) is 22.9. The van der Waals surface area contributed by atoms with Gasteiger partial charge < -0.3 is 21.4 Å². The lowest BCUT2D eigenvalue weighted by molar-refractivity contribution is -0.125. The number of hydrogen-bond acceptors (Lipinski definition) is 7. The molecule has 4 atom stereocenters. The third kappa shape index (κ3) is 4.02. The van der Waals surface area contributed by atoms with E-state index in [0.717, 1.165) is 17.4 Å². The minimum atomic E-state index is -0.387. The number of fused-ring (bicyclic) bond motifs is 3. The Morgan fingerprint density at radius 3 is 2.85 bits per heavy atom. The topological polar surface area (TPSA) is 155 Å². The molecule has 2 aliphatic rings. The summed E-state index contributed by atoms with van der Waals surface area (Å²) in [5.41, 5.74) is 7.78. The van der Waals surface area contributed by atoms with Crippen molar-refractivity contribution in [1.82, 2.24) is 20.3 Å². The molecule has 2 bridgehead atoms. The number of carbonyl (C=O) groups is 3. The van der Waals surface area contributed by atoms with E-state index in [0.29, 0.717) is 29.5 Å². The second-order valence-electron chi connectivity index (χ2n) is 8.37. The van der Waals surface area contributed by atoms with Crippen molar-refractivity contribution >= 4 is 46.7 Å². The molecule has 10 nitrogen and oxygen atoms in total. The molecular weight excluding hydrogens is 422 g/mol. The molecule has 1 aromatic carbocycles. The van der Waals surface area contributed by atoms with Gasteiger partial charge in [-0.3, -0.25) is 19.7 Å². The SMILES string of the molecule is NC(=O)C1C2C=CC(C2)C1Nc1nc(Nc2cccc(CC(=O)NC=O)c2)nc2[nH]ccc12. The molecule has 0 saturated heterocycles. The van der Waals surface area contributed by atoms with Crippen molar-refractivity contribution in [3.63, 3.8) is 0 Å². The molecule has 0 aliphatic heterocycles. The van der Waals surface area contributed by atoms with Crippen LogP contribution in [0.3, 0.4) is 0 Å². The average molecular weight is 445 g/mol. The van der Waals surface area contributed by atoms with Crippen LogP contribution in [0.25, 0.3) is 11.0 Å². The van der Waals surface area contributed by atoms with Crippen LogP contribution in [0.15, 0.2) is 48.7 Å². The number of amides is 3. The number of allylic oxidation sites excluding steroid dienone is 1. The van der Waals surface area contributed by atoms with E-state index in [1.165, 1.54) is 0 Å². The van der Waals surface area contributed by atoms with Crippen LogP contribution < -0.4 is 21.7 Å². The summed E-state index contributed by atoms with van der Waals surface area (Å²) in [6.07, 6.45) is 7.36. The number of imide groups is 1. The fraction of sp³-hybridized carbons (Fsp3) is 0.261. The van der Waals surface area contributed by atoms with Crippen LogP contribution in [-0.2, 0) is 20.8 Å². The van der Waals surface area contributed by atoms with Gasteiger partial charge in [0.1, 0.15) is 11.5 Å². The number of carbonyl (C=O) groups excluding carboxylic acids is 3. The highest BCUT2D eigenvalue weighted by atomic mass is 16.2. The minimum absolute atomic E-state index is 0.0733. The molecule has 3 aromatic rings. The number of hydrogen-bond donors (Lipinski definition) is 5. The maximum atomic E-state index is 12.1. The van der Waals surface area contributed by atoms with Gasteiger partial charge in [0.05, 0.1) is 17.7 Å². The highest BCUT2D eigenvalue weighted by molar-refractivity contribution is 5.89. The molecule has 0 radical (unpaired) electrons. The Bertz CT molecular complexity index is 1270. The van der Waals surface area contributed by atoms with Crippen LogP contribution in [0, 0.1) is 17.8 Å². The summed E-state index contributed by atoms with van der Waals surface area (Å²) in [5.74, 6) is 0.375. The first-order chi connectivity index (χ1) is 16.0. The van der Waals surface area contributed by atoms with Crippen LogP contribution in [0.1, 0.15) is 12.0 Å². The number of aromatic amines is 1. The van der Waals surface area contributed by atoms with Crippen molar-refractivity contribution < 1.29 is 14.4 Å². The predicted octanol–water partition coefficient (Wildman–Crippen LogP) is 1.60. The molecule has 33 heavy (non-hydrogen) atoms. The number of anilines is 3. The van der Waals surface area contributed by atoms with E-state index >= 15 is 0 Å². The van der Waals surface area contributed by atoms with Crippen molar-refractivity contribution in [2.24, 2.45) is 23.5 Å². The van der Waals surface area contributed by atoms with Gasteiger partial charge >= 0.3 is 0 Å². The second-order valence-corrected chi connectivity index (χ2v) is 8.37. The minimum Gasteiger partial charge on any atom is -0.369 e. The molecule has 2 aliphatic carbocycles. The summed E-state index contributed by atoms with van der Waals surface area (Å²) in [4.78, 5) is 46.6. The third-order valence-electron chi connectivity index (χ3n) is 6.27. The smallest absolute Gasteiger partial charge is 0.231 e. The van der Waals surface area contributed by atoms with Crippen LogP contribution in [0.2, 0.25) is 0 Å². The summed E-state index contributed by atoms with van der Waals surface area (Å²) in [6.45, 7) is 0. The molecule has 168 valence electrons. The Hall–Kier alpha value is -4.21. The van der Waals surface area contributed by atoms with Crippen LogP contribution in [0.4, 0.5) is 17.5 Å².